The molecule has 0 aliphatic heterocycles. The van der Waals surface area contributed by atoms with Gasteiger partial charge in [0.25, 0.3) is 0 Å². The third-order valence-corrected chi connectivity index (χ3v) is 1.98. The molecule has 0 aliphatic rings. The maximum atomic E-state index is 10.0. The Bertz CT molecular complexity index is 273. The van der Waals surface area contributed by atoms with Gasteiger partial charge in [-0.05, 0) is 17.7 Å². The summed E-state index contributed by atoms with van der Waals surface area (Å²) in [5.74, 6) is 0. The summed E-state index contributed by atoms with van der Waals surface area (Å²) in [5.41, 5.74) is 3.64. The van der Waals surface area contributed by atoms with Crippen molar-refractivity contribution in [3.8, 4) is 0 Å². The third kappa shape index (κ3) is 2.50. The van der Waals surface area contributed by atoms with Crippen LogP contribution in [0, 0.1) is 10.1 Å². The van der Waals surface area contributed by atoms with Crippen LogP contribution in [0.15, 0.2) is 24.3 Å². The van der Waals surface area contributed by atoms with E-state index in [-0.39, 0.29) is 0 Å². The number of nitro groups is 1. The van der Waals surface area contributed by atoms with Crippen LogP contribution in [0.3, 0.4) is 0 Å². The summed E-state index contributed by atoms with van der Waals surface area (Å²) in [6.45, 7) is 0. The summed E-state index contributed by atoms with van der Waals surface area (Å²) in [6.07, 6.45) is 0. The monoisotopic (exact) mass is 230 g/mol. The fourth-order valence-corrected chi connectivity index (χ4v) is 1.15. The predicted molar refractivity (Wildman–Crippen MR) is 49.7 cm³/mol. The zero-order chi connectivity index (χ0) is 8.97. The maximum Gasteiger partial charge on any atom is 0.162 e. The van der Waals surface area contributed by atoms with E-state index >= 15 is 0 Å². The Hall–Kier alpha value is -1.10. The van der Waals surface area contributed by atoms with Gasteiger partial charge in [-0.1, -0.05) is 28.1 Å². The second-order valence-electron chi connectivity index (χ2n) is 2.20. The van der Waals surface area contributed by atoms with Gasteiger partial charge in [-0.15, -0.1) is 5.43 Å². The minimum absolute atomic E-state index is 0.490. The van der Waals surface area contributed by atoms with E-state index in [4.69, 9.17) is 0 Å². The van der Waals surface area contributed by atoms with Crippen LogP contribution in [0.25, 0.3) is 0 Å². The molecule has 0 bridgehead atoms. The first-order chi connectivity index (χ1) is 5.72. The van der Waals surface area contributed by atoms with Crippen LogP contribution in [0.4, 0.5) is 5.69 Å². The molecule has 0 saturated heterocycles. The molecular weight excluding hydrogens is 224 g/mol. The number of benzene rings is 1. The van der Waals surface area contributed by atoms with Gasteiger partial charge < -0.3 is 0 Å². The molecule has 12 heavy (non-hydrogen) atoms. The second-order valence-corrected chi connectivity index (χ2v) is 2.76. The van der Waals surface area contributed by atoms with Gasteiger partial charge >= 0.3 is 0 Å². The van der Waals surface area contributed by atoms with E-state index in [0.29, 0.717) is 5.69 Å². The van der Waals surface area contributed by atoms with E-state index in [9.17, 15) is 10.1 Å². The molecule has 1 aromatic carbocycles. The summed E-state index contributed by atoms with van der Waals surface area (Å²) in [4.78, 5) is 10.0. The van der Waals surface area contributed by atoms with Gasteiger partial charge in [-0.25, -0.2) is 10.1 Å². The molecule has 0 heterocycles. The molecule has 0 unspecified atom stereocenters. The molecule has 0 aliphatic carbocycles. The molecule has 0 spiro atoms. The Kier molecular flexibility index (Phi) is 3.04. The van der Waals surface area contributed by atoms with Crippen LogP contribution in [0.2, 0.25) is 0 Å². The zero-order valence-corrected chi connectivity index (χ0v) is 7.74. The van der Waals surface area contributed by atoms with Crippen molar-refractivity contribution in [1.29, 1.82) is 0 Å². The number of hydrogen-bond donors (Lipinski definition) is 1. The fraction of sp³-hybridized carbons (Fsp3) is 0.143. The lowest BCUT2D eigenvalue weighted by Gasteiger charge is -1.97. The first-order valence-corrected chi connectivity index (χ1v) is 4.40. The molecule has 1 N–H and O–H groups in total. The number of halogens is 1. The van der Waals surface area contributed by atoms with Crippen molar-refractivity contribution in [2.45, 2.75) is 5.33 Å². The number of anilines is 1. The average Bonchev–Trinajstić information content (AvgIpc) is 2.05. The smallest absolute Gasteiger partial charge is 0.162 e. The van der Waals surface area contributed by atoms with E-state index in [2.05, 4.69) is 21.4 Å². The summed E-state index contributed by atoms with van der Waals surface area (Å²) in [6, 6.07) is 6.97. The number of alkyl halides is 1. The van der Waals surface area contributed by atoms with Crippen molar-refractivity contribution < 1.29 is 5.03 Å². The Labute approximate surface area is 77.8 Å². The lowest BCUT2D eigenvalue weighted by molar-refractivity contribution is -0.445. The Balaban J connectivity index is 2.71. The molecular formula is C7H7BrN2O2. The van der Waals surface area contributed by atoms with E-state index in [1.54, 1.807) is 12.1 Å². The lowest BCUT2D eigenvalue weighted by atomic mass is 10.2. The number of nitrogens with zero attached hydrogens (tertiary/aromatic N) is 1. The van der Waals surface area contributed by atoms with Gasteiger partial charge in [-0.3, -0.25) is 0 Å². The van der Waals surface area contributed by atoms with Gasteiger partial charge in [-0.2, -0.15) is 0 Å². The highest BCUT2D eigenvalue weighted by atomic mass is 79.9. The molecule has 0 fully saturated rings. The second kappa shape index (κ2) is 4.06. The molecule has 1 aromatic rings. The maximum absolute atomic E-state index is 10.0. The number of nitrogens with one attached hydrogen (secondary N) is 1. The number of hydrogen-bond acceptors (Lipinski definition) is 2. The van der Waals surface area contributed by atoms with Crippen LogP contribution in [0.1, 0.15) is 5.56 Å². The molecule has 0 radical (unpaired) electrons. The summed E-state index contributed by atoms with van der Waals surface area (Å²) in [5, 5.41) is 10.2. The standard InChI is InChI=1S/C7H7BrN2O2/c8-5-6-1-3-7(4-2-6)9-10(11)12/h1-4,9H,5H2. The number of hydrazine groups is 1. The lowest BCUT2D eigenvalue weighted by Crippen LogP contribution is -2.07. The van der Waals surface area contributed by atoms with E-state index in [1.807, 2.05) is 12.1 Å². The molecule has 0 aromatic heterocycles. The first kappa shape index (κ1) is 8.99. The van der Waals surface area contributed by atoms with Crippen molar-refractivity contribution in [2.24, 2.45) is 0 Å². The van der Waals surface area contributed by atoms with Gasteiger partial charge in [0, 0.05) is 5.33 Å². The highest BCUT2D eigenvalue weighted by molar-refractivity contribution is 9.08. The van der Waals surface area contributed by atoms with Crippen LogP contribution in [0.5, 0.6) is 0 Å². The van der Waals surface area contributed by atoms with Crippen molar-refractivity contribution in [1.82, 2.24) is 0 Å². The van der Waals surface area contributed by atoms with E-state index in [1.165, 1.54) is 0 Å². The zero-order valence-electron chi connectivity index (χ0n) is 6.16. The fourth-order valence-electron chi connectivity index (χ4n) is 0.774. The van der Waals surface area contributed by atoms with Crippen molar-refractivity contribution in [3.05, 3.63) is 39.9 Å². The molecule has 64 valence electrons. The van der Waals surface area contributed by atoms with E-state index < -0.39 is 5.03 Å². The van der Waals surface area contributed by atoms with Gasteiger partial charge in [0.15, 0.2) is 5.03 Å². The summed E-state index contributed by atoms with van der Waals surface area (Å²) < 4.78 is 0. The normalized spacial score (nSPS) is 9.42. The molecule has 0 atom stereocenters. The van der Waals surface area contributed by atoms with Gasteiger partial charge in [0.05, 0.1) is 0 Å². The topological polar surface area (TPSA) is 55.2 Å². The third-order valence-electron chi connectivity index (χ3n) is 1.33. The molecule has 5 heteroatoms. The van der Waals surface area contributed by atoms with Crippen molar-refractivity contribution in [3.63, 3.8) is 0 Å². The SMILES string of the molecule is O=[N+]([O-])Nc1ccc(CBr)cc1. The largest absolute Gasteiger partial charge is 0.235 e. The molecule has 0 saturated carbocycles. The Morgan fingerprint density at radius 3 is 2.42 bits per heavy atom. The molecule has 4 nitrogen and oxygen atoms in total. The predicted octanol–water partition coefficient (Wildman–Crippen LogP) is 2.19. The van der Waals surface area contributed by atoms with E-state index in [0.717, 1.165) is 10.9 Å². The van der Waals surface area contributed by atoms with Crippen LogP contribution >= 0.6 is 15.9 Å². The van der Waals surface area contributed by atoms with Crippen LogP contribution < -0.4 is 5.43 Å². The van der Waals surface area contributed by atoms with Gasteiger partial charge in [0.1, 0.15) is 5.69 Å². The minimum atomic E-state index is -0.580. The molecule has 1 rings (SSSR count). The highest BCUT2D eigenvalue weighted by Gasteiger charge is 1.97. The quantitative estimate of drug-likeness (QED) is 0.492. The van der Waals surface area contributed by atoms with Crippen LogP contribution in [-0.4, -0.2) is 5.03 Å². The Morgan fingerprint density at radius 2 is 2.00 bits per heavy atom. The number of rotatable bonds is 3. The summed E-state index contributed by atoms with van der Waals surface area (Å²) in [7, 11) is 0. The Morgan fingerprint density at radius 1 is 1.42 bits per heavy atom. The average molecular weight is 231 g/mol. The minimum Gasteiger partial charge on any atom is -0.235 e. The highest BCUT2D eigenvalue weighted by Crippen LogP contribution is 2.11. The van der Waals surface area contributed by atoms with Crippen LogP contribution in [-0.2, 0) is 5.33 Å². The summed E-state index contributed by atoms with van der Waals surface area (Å²) >= 11 is 3.28. The van der Waals surface area contributed by atoms with Crippen molar-refractivity contribution in [2.75, 3.05) is 5.43 Å². The molecule has 0 amide bonds. The van der Waals surface area contributed by atoms with Gasteiger partial charge in [0.2, 0.25) is 0 Å². The first-order valence-electron chi connectivity index (χ1n) is 3.28. The van der Waals surface area contributed by atoms with Crippen molar-refractivity contribution >= 4 is 21.6 Å².